The normalized spacial score (nSPS) is 13.7. The molecule has 0 bridgehead atoms. The summed E-state index contributed by atoms with van der Waals surface area (Å²) in [6.45, 7) is 0.783. The number of ether oxygens (including phenoxy) is 2. The third-order valence-corrected chi connectivity index (χ3v) is 6.90. The molecule has 1 heterocycles. The number of hydrogen-bond donors (Lipinski definition) is 2. The van der Waals surface area contributed by atoms with Gasteiger partial charge in [-0.3, -0.25) is 13.7 Å². The third kappa shape index (κ3) is 5.71. The number of rotatable bonds is 7. The Morgan fingerprint density at radius 3 is 2.36 bits per heavy atom. The molecule has 8 nitrogen and oxygen atoms in total. The fourth-order valence-electron chi connectivity index (χ4n) is 3.27. The lowest BCUT2D eigenvalue weighted by Crippen LogP contribution is -2.17. The van der Waals surface area contributed by atoms with Gasteiger partial charge in [0.1, 0.15) is 13.2 Å². The summed E-state index contributed by atoms with van der Waals surface area (Å²) in [5.41, 5.74) is 2.11. The van der Waals surface area contributed by atoms with Gasteiger partial charge in [0.05, 0.1) is 4.90 Å². The number of carbonyl (C=O) groups excluding carboxylic acids is 1. The number of carbonyl (C=O) groups is 1. The molecule has 0 spiro atoms. The summed E-state index contributed by atoms with van der Waals surface area (Å²) in [4.78, 5) is 12.6. The van der Waals surface area contributed by atoms with Gasteiger partial charge in [-0.1, -0.05) is 12.1 Å². The Balaban J connectivity index is 1.43. The summed E-state index contributed by atoms with van der Waals surface area (Å²) < 4.78 is 50.3. The Labute approximate surface area is 194 Å². The number of nitrogens with one attached hydrogen (secondary N) is 2. The van der Waals surface area contributed by atoms with Crippen LogP contribution in [-0.2, 0) is 26.6 Å². The summed E-state index contributed by atoms with van der Waals surface area (Å²) in [5.74, 6) is 0.952. The Bertz CT molecular complexity index is 1310. The zero-order chi connectivity index (χ0) is 23.4. The van der Waals surface area contributed by atoms with Gasteiger partial charge in [0.25, 0.3) is 15.9 Å². The van der Waals surface area contributed by atoms with E-state index in [-0.39, 0.29) is 10.8 Å². The van der Waals surface area contributed by atoms with E-state index in [2.05, 4.69) is 10.0 Å². The molecule has 172 valence electrons. The average Bonchev–Trinajstić information content (AvgIpc) is 2.79. The zero-order valence-corrected chi connectivity index (χ0v) is 19.4. The highest BCUT2D eigenvalue weighted by Gasteiger charge is 2.19. The van der Waals surface area contributed by atoms with Gasteiger partial charge in [0, 0.05) is 45.8 Å². The quantitative estimate of drug-likeness (QED) is 0.530. The van der Waals surface area contributed by atoms with Crippen molar-refractivity contribution in [2.24, 2.45) is 0 Å². The highest BCUT2D eigenvalue weighted by molar-refractivity contribution is 7.92. The molecule has 0 saturated heterocycles. The SMILES string of the molecule is CS(=O)Cc1cccc(C(=O)Nc2ccc(NS(=O)(=O)c3ccc4c(c3)OCCO4)cc2)c1. The van der Waals surface area contributed by atoms with Crippen LogP contribution in [0.25, 0.3) is 0 Å². The lowest BCUT2D eigenvalue weighted by atomic mass is 10.1. The topological polar surface area (TPSA) is 111 Å². The van der Waals surface area contributed by atoms with Crippen LogP contribution in [0.4, 0.5) is 11.4 Å². The van der Waals surface area contributed by atoms with Crippen molar-refractivity contribution in [2.75, 3.05) is 29.5 Å². The first-order valence-electron chi connectivity index (χ1n) is 10.0. The first-order valence-corrected chi connectivity index (χ1v) is 13.2. The summed E-state index contributed by atoms with van der Waals surface area (Å²) in [6, 6.07) is 17.7. The van der Waals surface area contributed by atoms with E-state index < -0.39 is 20.8 Å². The predicted molar refractivity (Wildman–Crippen MR) is 127 cm³/mol. The van der Waals surface area contributed by atoms with Gasteiger partial charge in [-0.2, -0.15) is 0 Å². The molecule has 0 saturated carbocycles. The monoisotopic (exact) mass is 486 g/mol. The number of hydrogen-bond acceptors (Lipinski definition) is 6. The van der Waals surface area contributed by atoms with E-state index in [1.807, 2.05) is 6.07 Å². The molecule has 0 aromatic heterocycles. The molecule has 1 amide bonds. The molecule has 0 fully saturated rings. The minimum Gasteiger partial charge on any atom is -0.486 e. The van der Waals surface area contributed by atoms with Crippen LogP contribution >= 0.6 is 0 Å². The molecule has 1 aliphatic heterocycles. The lowest BCUT2D eigenvalue weighted by Gasteiger charge is -2.19. The van der Waals surface area contributed by atoms with Crippen LogP contribution in [-0.4, -0.2) is 38.0 Å². The maximum Gasteiger partial charge on any atom is 0.262 e. The highest BCUT2D eigenvalue weighted by atomic mass is 32.2. The number of benzene rings is 3. The van der Waals surface area contributed by atoms with Crippen molar-refractivity contribution in [2.45, 2.75) is 10.6 Å². The maximum atomic E-state index is 12.7. The standard InChI is InChI=1S/C23H22N2O6S2/c1-32(27)15-16-3-2-4-17(13-16)23(26)24-18-5-7-19(8-6-18)25-33(28,29)20-9-10-21-22(14-20)31-12-11-30-21/h2-10,13-14,25H,11-12,15H2,1H3,(H,24,26). The molecule has 3 aromatic carbocycles. The van der Waals surface area contributed by atoms with Gasteiger partial charge < -0.3 is 14.8 Å². The Kier molecular flexibility index (Phi) is 6.66. The minimum absolute atomic E-state index is 0.0528. The molecule has 33 heavy (non-hydrogen) atoms. The molecule has 10 heteroatoms. The van der Waals surface area contributed by atoms with Crippen molar-refractivity contribution < 1.29 is 26.9 Å². The molecule has 1 unspecified atom stereocenters. The van der Waals surface area contributed by atoms with Crippen LogP contribution in [0.1, 0.15) is 15.9 Å². The van der Waals surface area contributed by atoms with Crippen molar-refractivity contribution in [3.63, 3.8) is 0 Å². The molecular weight excluding hydrogens is 464 g/mol. The number of sulfonamides is 1. The second-order valence-electron chi connectivity index (χ2n) is 7.36. The Morgan fingerprint density at radius 1 is 0.939 bits per heavy atom. The second kappa shape index (κ2) is 9.63. The van der Waals surface area contributed by atoms with Gasteiger partial charge in [-0.05, 0) is 54.1 Å². The largest absolute Gasteiger partial charge is 0.486 e. The van der Waals surface area contributed by atoms with Crippen molar-refractivity contribution in [1.82, 2.24) is 0 Å². The molecular formula is C23H22N2O6S2. The van der Waals surface area contributed by atoms with E-state index in [9.17, 15) is 17.4 Å². The smallest absolute Gasteiger partial charge is 0.262 e. The van der Waals surface area contributed by atoms with Gasteiger partial charge in [-0.25, -0.2) is 8.42 Å². The van der Waals surface area contributed by atoms with Gasteiger partial charge >= 0.3 is 0 Å². The Morgan fingerprint density at radius 2 is 1.64 bits per heavy atom. The average molecular weight is 487 g/mol. The summed E-state index contributed by atoms with van der Waals surface area (Å²) in [5, 5.41) is 2.77. The first kappa shape index (κ1) is 22.8. The number of anilines is 2. The highest BCUT2D eigenvalue weighted by Crippen LogP contribution is 2.32. The van der Waals surface area contributed by atoms with E-state index in [4.69, 9.17) is 9.47 Å². The van der Waals surface area contributed by atoms with E-state index >= 15 is 0 Å². The van der Waals surface area contributed by atoms with Crippen LogP contribution < -0.4 is 19.5 Å². The van der Waals surface area contributed by atoms with Gasteiger partial charge in [-0.15, -0.1) is 0 Å². The van der Waals surface area contributed by atoms with Crippen LogP contribution in [0.3, 0.4) is 0 Å². The van der Waals surface area contributed by atoms with Crippen LogP contribution in [0.15, 0.2) is 71.6 Å². The molecule has 0 aliphatic carbocycles. The van der Waals surface area contributed by atoms with Crippen LogP contribution in [0.5, 0.6) is 11.5 Å². The molecule has 1 aliphatic rings. The van der Waals surface area contributed by atoms with Crippen molar-refractivity contribution in [1.29, 1.82) is 0 Å². The minimum atomic E-state index is -3.84. The molecule has 1 atom stereocenters. The van der Waals surface area contributed by atoms with Crippen LogP contribution in [0.2, 0.25) is 0 Å². The fraction of sp³-hybridized carbons (Fsp3) is 0.174. The van der Waals surface area contributed by atoms with Gasteiger partial charge in [0.15, 0.2) is 11.5 Å². The molecule has 2 N–H and O–H groups in total. The van der Waals surface area contributed by atoms with Crippen molar-refractivity contribution in [3.8, 4) is 11.5 Å². The van der Waals surface area contributed by atoms with Crippen molar-refractivity contribution in [3.05, 3.63) is 77.9 Å². The third-order valence-electron chi connectivity index (χ3n) is 4.78. The van der Waals surface area contributed by atoms with E-state index in [1.54, 1.807) is 54.8 Å². The molecule has 4 rings (SSSR count). The second-order valence-corrected chi connectivity index (χ2v) is 10.5. The van der Waals surface area contributed by atoms with E-state index in [0.29, 0.717) is 47.4 Å². The lowest BCUT2D eigenvalue weighted by molar-refractivity contribution is 0.102. The van der Waals surface area contributed by atoms with Crippen molar-refractivity contribution >= 4 is 38.1 Å². The number of amides is 1. The summed E-state index contributed by atoms with van der Waals surface area (Å²) in [7, 11) is -4.84. The number of fused-ring (bicyclic) bond motifs is 1. The molecule has 0 radical (unpaired) electrons. The zero-order valence-electron chi connectivity index (χ0n) is 17.7. The fourth-order valence-corrected chi connectivity index (χ4v) is 4.99. The van der Waals surface area contributed by atoms with E-state index in [0.717, 1.165) is 5.56 Å². The summed E-state index contributed by atoms with van der Waals surface area (Å²) in [6.07, 6.45) is 1.61. The maximum absolute atomic E-state index is 12.7. The van der Waals surface area contributed by atoms with Crippen LogP contribution in [0, 0.1) is 0 Å². The first-order chi connectivity index (χ1) is 15.8. The molecule has 3 aromatic rings. The predicted octanol–water partition coefficient (Wildman–Crippen LogP) is 3.39. The summed E-state index contributed by atoms with van der Waals surface area (Å²) >= 11 is 0. The Hall–Kier alpha value is -3.37. The van der Waals surface area contributed by atoms with Gasteiger partial charge in [0.2, 0.25) is 0 Å². The van der Waals surface area contributed by atoms with E-state index in [1.165, 1.54) is 12.1 Å².